The van der Waals surface area contributed by atoms with E-state index >= 15 is 0 Å². The lowest BCUT2D eigenvalue weighted by Crippen LogP contribution is -1.96. The molecule has 0 saturated heterocycles. The summed E-state index contributed by atoms with van der Waals surface area (Å²) in [6, 6.07) is 22.1. The summed E-state index contributed by atoms with van der Waals surface area (Å²) < 4.78 is 0. The Bertz CT molecular complexity index is 1110. The topological polar surface area (TPSA) is 60.7 Å². The summed E-state index contributed by atoms with van der Waals surface area (Å²) in [7, 11) is 0. The molecular weight excluding hydrogens is 432 g/mol. The van der Waals surface area contributed by atoms with E-state index in [0.717, 1.165) is 37.7 Å². The Kier molecular flexibility index (Phi) is 9.37. The molecule has 3 N–H and O–H groups in total. The highest BCUT2D eigenvalue weighted by atomic mass is 16.3. The first-order valence-corrected chi connectivity index (χ1v) is 12.0. The van der Waals surface area contributed by atoms with Crippen LogP contribution in [0.5, 0.6) is 17.2 Å². The van der Waals surface area contributed by atoms with Crippen LogP contribution in [0.4, 0.5) is 0 Å². The lowest BCUT2D eigenvalue weighted by atomic mass is 9.94. The summed E-state index contributed by atoms with van der Waals surface area (Å²) in [5, 5.41) is 28.6. The fourth-order valence-electron chi connectivity index (χ4n) is 3.99. The van der Waals surface area contributed by atoms with Crippen LogP contribution in [-0.2, 0) is 19.3 Å². The number of hydrogen-bond donors (Lipinski definition) is 3. The van der Waals surface area contributed by atoms with Gasteiger partial charge in [-0.1, -0.05) is 64.8 Å². The number of benzene rings is 3. The summed E-state index contributed by atoms with van der Waals surface area (Å²) in [5.41, 5.74) is 8.63. The zero-order valence-electron chi connectivity index (χ0n) is 20.9. The number of phenolic OH excluding ortho intramolecular Hbond substituents is 3. The fraction of sp³-hybridized carbons (Fsp3) is 0.250. The zero-order valence-corrected chi connectivity index (χ0v) is 20.9. The normalized spacial score (nSPS) is 13.0. The first kappa shape index (κ1) is 25.9. The number of allylic oxidation sites excluding steroid dienone is 6. The first-order valence-electron chi connectivity index (χ1n) is 12.0. The third-order valence-electron chi connectivity index (χ3n) is 6.13. The van der Waals surface area contributed by atoms with E-state index in [0.29, 0.717) is 0 Å². The molecule has 0 atom stereocenters. The Balaban J connectivity index is 1.75. The van der Waals surface area contributed by atoms with Crippen molar-refractivity contribution in [3.8, 4) is 17.2 Å². The second-order valence-corrected chi connectivity index (χ2v) is 9.30. The summed E-state index contributed by atoms with van der Waals surface area (Å²) in [6.07, 6.45) is 10.00. The molecule has 3 rings (SSSR count). The molecule has 0 bridgehead atoms. The van der Waals surface area contributed by atoms with Gasteiger partial charge in [-0.3, -0.25) is 0 Å². The molecule has 0 amide bonds. The molecule has 0 spiro atoms. The van der Waals surface area contributed by atoms with Crippen molar-refractivity contribution >= 4 is 0 Å². The quantitative estimate of drug-likeness (QED) is 0.269. The molecule has 35 heavy (non-hydrogen) atoms. The van der Waals surface area contributed by atoms with Gasteiger partial charge in [-0.2, -0.15) is 0 Å². The van der Waals surface area contributed by atoms with Gasteiger partial charge in [0.05, 0.1) is 0 Å². The molecule has 0 heterocycles. The molecule has 0 fully saturated rings. The molecule has 3 heteroatoms. The Morgan fingerprint density at radius 1 is 0.629 bits per heavy atom. The van der Waals surface area contributed by atoms with Crippen LogP contribution >= 0.6 is 0 Å². The van der Waals surface area contributed by atoms with Crippen LogP contribution in [0, 0.1) is 6.08 Å². The van der Waals surface area contributed by atoms with E-state index in [1.165, 1.54) is 33.4 Å². The summed E-state index contributed by atoms with van der Waals surface area (Å²) in [6.45, 7) is 6.43. The van der Waals surface area contributed by atoms with E-state index in [2.05, 4.69) is 32.9 Å². The number of rotatable bonds is 10. The molecule has 3 aromatic rings. The van der Waals surface area contributed by atoms with Crippen molar-refractivity contribution in [3.05, 3.63) is 124 Å². The van der Waals surface area contributed by atoms with Crippen LogP contribution in [0.25, 0.3) is 0 Å². The van der Waals surface area contributed by atoms with Gasteiger partial charge in [-0.25, -0.2) is 0 Å². The summed E-state index contributed by atoms with van der Waals surface area (Å²) in [5.74, 6) is 0.851. The monoisotopic (exact) mass is 467 g/mol. The second kappa shape index (κ2) is 12.7. The van der Waals surface area contributed by atoms with E-state index in [-0.39, 0.29) is 17.2 Å². The number of hydrogen-bond acceptors (Lipinski definition) is 3. The van der Waals surface area contributed by atoms with Crippen molar-refractivity contribution in [2.24, 2.45) is 0 Å². The summed E-state index contributed by atoms with van der Waals surface area (Å²) >= 11 is 0. The average Bonchev–Trinajstić information content (AvgIpc) is 2.83. The van der Waals surface area contributed by atoms with Gasteiger partial charge in [0.25, 0.3) is 0 Å². The van der Waals surface area contributed by atoms with Gasteiger partial charge >= 0.3 is 0 Å². The minimum atomic E-state index is 0.281. The maximum atomic E-state index is 9.60. The number of aromatic hydroxyl groups is 3. The van der Waals surface area contributed by atoms with Crippen molar-refractivity contribution in [1.82, 2.24) is 0 Å². The predicted octanol–water partition coefficient (Wildman–Crippen LogP) is 7.62. The second-order valence-electron chi connectivity index (χ2n) is 9.30. The Morgan fingerprint density at radius 2 is 1.06 bits per heavy atom. The lowest BCUT2D eigenvalue weighted by molar-refractivity contribution is 0.474. The Labute approximate surface area is 209 Å². The average molecular weight is 468 g/mol. The van der Waals surface area contributed by atoms with Crippen LogP contribution < -0.4 is 0 Å². The molecule has 0 aliphatic rings. The van der Waals surface area contributed by atoms with E-state index in [1.807, 2.05) is 36.4 Å². The molecule has 1 radical (unpaired) electrons. The van der Waals surface area contributed by atoms with Crippen LogP contribution in [0.1, 0.15) is 50.3 Å². The SMILES string of the molecule is CC(=[C]CC(CC=C(C)Cc1ccc(O)cc1)=C(C)Cc1ccc(O)cc1)Cc1ccc(O)cc1. The Hall–Kier alpha value is -3.72. The molecule has 0 aromatic heterocycles. The van der Waals surface area contributed by atoms with E-state index in [4.69, 9.17) is 0 Å². The molecule has 181 valence electrons. The minimum Gasteiger partial charge on any atom is -0.508 e. The summed E-state index contributed by atoms with van der Waals surface area (Å²) in [4.78, 5) is 0. The van der Waals surface area contributed by atoms with Gasteiger partial charge in [0.2, 0.25) is 0 Å². The van der Waals surface area contributed by atoms with Gasteiger partial charge in [-0.15, -0.1) is 0 Å². The largest absolute Gasteiger partial charge is 0.508 e. The van der Waals surface area contributed by atoms with Crippen LogP contribution in [0.3, 0.4) is 0 Å². The Morgan fingerprint density at radius 3 is 1.54 bits per heavy atom. The minimum absolute atomic E-state index is 0.281. The molecule has 0 unspecified atom stereocenters. The maximum absolute atomic E-state index is 9.60. The highest BCUT2D eigenvalue weighted by Gasteiger charge is 2.05. The number of phenols is 3. The molecule has 3 aromatic carbocycles. The molecule has 3 nitrogen and oxygen atoms in total. The third kappa shape index (κ3) is 8.86. The molecular formula is C32H35O3. The standard InChI is InChI=1S/C32H35O3/c1-23(20-26-6-14-30(33)15-7-26)4-12-29(25(3)22-28-10-18-32(35)19-11-28)13-5-24(2)21-27-8-16-31(34)17-9-27/h4,6-11,14-19,33-35H,12-13,20-22H2,1-3H3. The van der Waals surface area contributed by atoms with E-state index < -0.39 is 0 Å². The highest BCUT2D eigenvalue weighted by molar-refractivity contribution is 5.33. The predicted molar refractivity (Wildman–Crippen MR) is 144 cm³/mol. The van der Waals surface area contributed by atoms with Gasteiger partial charge < -0.3 is 15.3 Å². The lowest BCUT2D eigenvalue weighted by Gasteiger charge is -2.12. The first-order chi connectivity index (χ1) is 16.8. The zero-order chi connectivity index (χ0) is 25.2. The van der Waals surface area contributed by atoms with Crippen molar-refractivity contribution in [2.75, 3.05) is 0 Å². The van der Waals surface area contributed by atoms with E-state index in [9.17, 15) is 15.3 Å². The highest BCUT2D eigenvalue weighted by Crippen LogP contribution is 2.23. The van der Waals surface area contributed by atoms with Crippen molar-refractivity contribution in [1.29, 1.82) is 0 Å². The maximum Gasteiger partial charge on any atom is 0.115 e. The van der Waals surface area contributed by atoms with Crippen LogP contribution in [0.2, 0.25) is 0 Å². The molecule has 0 saturated carbocycles. The van der Waals surface area contributed by atoms with Crippen LogP contribution in [0.15, 0.2) is 101 Å². The van der Waals surface area contributed by atoms with Gasteiger partial charge in [0, 0.05) is 0 Å². The molecule has 0 aliphatic carbocycles. The van der Waals surface area contributed by atoms with Crippen molar-refractivity contribution < 1.29 is 15.3 Å². The van der Waals surface area contributed by atoms with Gasteiger partial charge in [-0.05, 0) is 112 Å². The molecule has 0 aliphatic heterocycles. The van der Waals surface area contributed by atoms with Crippen molar-refractivity contribution in [2.45, 2.75) is 52.9 Å². The fourth-order valence-corrected chi connectivity index (χ4v) is 3.99. The van der Waals surface area contributed by atoms with Gasteiger partial charge in [0.15, 0.2) is 0 Å². The third-order valence-corrected chi connectivity index (χ3v) is 6.13. The van der Waals surface area contributed by atoms with E-state index in [1.54, 1.807) is 36.4 Å². The van der Waals surface area contributed by atoms with Gasteiger partial charge in [0.1, 0.15) is 17.2 Å². The smallest absolute Gasteiger partial charge is 0.115 e. The van der Waals surface area contributed by atoms with Crippen LogP contribution in [-0.4, -0.2) is 15.3 Å². The van der Waals surface area contributed by atoms with Crippen molar-refractivity contribution in [3.63, 3.8) is 0 Å².